The second-order valence-corrected chi connectivity index (χ2v) is 5.60. The minimum atomic E-state index is -0.0585. The topological polar surface area (TPSA) is 41.6 Å². The molecule has 1 heterocycles. The lowest BCUT2D eigenvalue weighted by molar-refractivity contribution is 0.198. The van der Waals surface area contributed by atoms with Crippen LogP contribution in [0.3, 0.4) is 0 Å². The van der Waals surface area contributed by atoms with Crippen molar-refractivity contribution in [1.29, 1.82) is 0 Å². The second kappa shape index (κ2) is 7.69. The molecule has 0 aliphatic carbocycles. The molecule has 0 aliphatic rings. The van der Waals surface area contributed by atoms with Crippen LogP contribution in [0.4, 0.5) is 4.79 Å². The molecular formula is C16H20N2O2S. The summed E-state index contributed by atoms with van der Waals surface area (Å²) in [5.41, 5.74) is 0.973. The number of benzene rings is 1. The summed E-state index contributed by atoms with van der Waals surface area (Å²) in [6.07, 6.45) is 0. The molecule has 0 atom stereocenters. The lowest BCUT2D eigenvalue weighted by Crippen LogP contribution is -2.38. The number of nitrogens with zero attached hydrogens (tertiary/aromatic N) is 1. The van der Waals surface area contributed by atoms with E-state index in [-0.39, 0.29) is 6.03 Å². The second-order valence-electron chi connectivity index (χ2n) is 4.56. The molecule has 1 aromatic carbocycles. The molecular weight excluding hydrogens is 284 g/mol. The summed E-state index contributed by atoms with van der Waals surface area (Å²) in [5, 5.41) is 4.97. The van der Waals surface area contributed by atoms with Crippen LogP contribution < -0.4 is 10.1 Å². The summed E-state index contributed by atoms with van der Waals surface area (Å²) in [4.78, 5) is 15.2. The fraction of sp³-hybridized carbons (Fsp3) is 0.312. The first-order chi connectivity index (χ1) is 10.2. The summed E-state index contributed by atoms with van der Waals surface area (Å²) < 4.78 is 5.29. The van der Waals surface area contributed by atoms with E-state index in [0.717, 1.165) is 11.3 Å². The standard InChI is InChI=1S/C16H20N2O2S/c1-3-18(12-14-8-6-10-21-14)16(19)17-11-13-7-4-5-9-15(13)20-2/h4-10H,3,11-12H2,1-2H3,(H,17,19). The number of thiophene rings is 1. The molecule has 1 aromatic heterocycles. The van der Waals surface area contributed by atoms with E-state index in [2.05, 4.69) is 5.32 Å². The molecule has 0 aliphatic heterocycles. The van der Waals surface area contributed by atoms with E-state index in [4.69, 9.17) is 4.74 Å². The van der Waals surface area contributed by atoms with Gasteiger partial charge in [0.05, 0.1) is 13.7 Å². The molecule has 4 nitrogen and oxygen atoms in total. The van der Waals surface area contributed by atoms with Crippen molar-refractivity contribution in [2.24, 2.45) is 0 Å². The van der Waals surface area contributed by atoms with Crippen LogP contribution >= 0.6 is 11.3 Å². The molecule has 1 N–H and O–H groups in total. The van der Waals surface area contributed by atoms with Crippen molar-refractivity contribution in [3.63, 3.8) is 0 Å². The van der Waals surface area contributed by atoms with Crippen LogP contribution in [0.2, 0.25) is 0 Å². The number of hydrogen-bond donors (Lipinski definition) is 1. The molecule has 0 fully saturated rings. The quantitative estimate of drug-likeness (QED) is 0.887. The Labute approximate surface area is 129 Å². The van der Waals surface area contributed by atoms with Crippen molar-refractivity contribution in [3.8, 4) is 5.75 Å². The van der Waals surface area contributed by atoms with Gasteiger partial charge in [-0.2, -0.15) is 0 Å². The van der Waals surface area contributed by atoms with Crippen LogP contribution in [0.1, 0.15) is 17.4 Å². The number of amides is 2. The Hall–Kier alpha value is -2.01. The SMILES string of the molecule is CCN(Cc1cccs1)C(=O)NCc1ccccc1OC. The average molecular weight is 304 g/mol. The molecule has 0 spiro atoms. The average Bonchev–Trinajstić information content (AvgIpc) is 3.03. The van der Waals surface area contributed by atoms with Gasteiger partial charge in [0.2, 0.25) is 0 Å². The fourth-order valence-corrected chi connectivity index (χ4v) is 2.77. The number of para-hydroxylation sites is 1. The molecule has 0 saturated carbocycles. The number of nitrogens with one attached hydrogen (secondary N) is 1. The number of carbonyl (C=O) groups excluding carboxylic acids is 1. The van der Waals surface area contributed by atoms with Crippen molar-refractivity contribution >= 4 is 17.4 Å². The lowest BCUT2D eigenvalue weighted by atomic mass is 10.2. The van der Waals surface area contributed by atoms with Crippen LogP contribution in [-0.4, -0.2) is 24.6 Å². The molecule has 21 heavy (non-hydrogen) atoms. The summed E-state index contributed by atoms with van der Waals surface area (Å²) in [5.74, 6) is 0.791. The van der Waals surface area contributed by atoms with E-state index in [1.54, 1.807) is 23.3 Å². The van der Waals surface area contributed by atoms with Crippen LogP contribution in [-0.2, 0) is 13.1 Å². The van der Waals surface area contributed by atoms with E-state index in [9.17, 15) is 4.79 Å². The van der Waals surface area contributed by atoms with Gasteiger partial charge in [0.25, 0.3) is 0 Å². The molecule has 112 valence electrons. The highest BCUT2D eigenvalue weighted by atomic mass is 32.1. The Balaban J connectivity index is 1.93. The zero-order valence-corrected chi connectivity index (χ0v) is 13.2. The van der Waals surface area contributed by atoms with Gasteiger partial charge in [-0.3, -0.25) is 0 Å². The summed E-state index contributed by atoms with van der Waals surface area (Å²) in [7, 11) is 1.63. The highest BCUT2D eigenvalue weighted by Gasteiger charge is 2.13. The van der Waals surface area contributed by atoms with Crippen LogP contribution in [0, 0.1) is 0 Å². The third-order valence-electron chi connectivity index (χ3n) is 3.22. The Bertz CT molecular complexity index is 569. The van der Waals surface area contributed by atoms with E-state index in [0.29, 0.717) is 19.6 Å². The first kappa shape index (κ1) is 15.4. The van der Waals surface area contributed by atoms with Gasteiger partial charge in [0.15, 0.2) is 0 Å². The minimum absolute atomic E-state index is 0.0585. The normalized spacial score (nSPS) is 10.2. The molecule has 0 bridgehead atoms. The van der Waals surface area contributed by atoms with E-state index in [1.807, 2.05) is 48.7 Å². The molecule has 2 rings (SSSR count). The largest absolute Gasteiger partial charge is 0.496 e. The van der Waals surface area contributed by atoms with Crippen molar-refractivity contribution in [2.45, 2.75) is 20.0 Å². The monoisotopic (exact) mass is 304 g/mol. The number of urea groups is 1. The third-order valence-corrected chi connectivity index (χ3v) is 4.08. The van der Waals surface area contributed by atoms with Crippen LogP contribution in [0.15, 0.2) is 41.8 Å². The zero-order valence-electron chi connectivity index (χ0n) is 12.3. The number of hydrogen-bond acceptors (Lipinski definition) is 3. The number of rotatable bonds is 6. The van der Waals surface area contributed by atoms with Gasteiger partial charge in [-0.05, 0) is 24.4 Å². The third kappa shape index (κ3) is 4.23. The predicted molar refractivity (Wildman–Crippen MR) is 85.6 cm³/mol. The van der Waals surface area contributed by atoms with Crippen molar-refractivity contribution < 1.29 is 9.53 Å². The molecule has 2 aromatic rings. The van der Waals surface area contributed by atoms with Crippen molar-refractivity contribution in [1.82, 2.24) is 10.2 Å². The maximum Gasteiger partial charge on any atom is 0.317 e. The van der Waals surface area contributed by atoms with Gasteiger partial charge in [0, 0.05) is 23.5 Å². The van der Waals surface area contributed by atoms with Gasteiger partial charge in [-0.15, -0.1) is 11.3 Å². The Morgan fingerprint density at radius 1 is 1.29 bits per heavy atom. The molecule has 0 saturated heterocycles. The summed E-state index contributed by atoms with van der Waals surface area (Å²) in [6.45, 7) is 3.77. The predicted octanol–water partition coefficient (Wildman–Crippen LogP) is 3.49. The smallest absolute Gasteiger partial charge is 0.317 e. The van der Waals surface area contributed by atoms with E-state index >= 15 is 0 Å². The molecule has 5 heteroatoms. The summed E-state index contributed by atoms with van der Waals surface area (Å²) in [6, 6.07) is 11.7. The van der Waals surface area contributed by atoms with Gasteiger partial charge in [-0.1, -0.05) is 24.3 Å². The molecule has 0 radical (unpaired) electrons. The van der Waals surface area contributed by atoms with Crippen molar-refractivity contribution in [2.75, 3.05) is 13.7 Å². The molecule has 2 amide bonds. The van der Waals surface area contributed by atoms with E-state index in [1.165, 1.54) is 4.88 Å². The highest BCUT2D eigenvalue weighted by Crippen LogP contribution is 2.17. The minimum Gasteiger partial charge on any atom is -0.496 e. The van der Waals surface area contributed by atoms with Crippen LogP contribution in [0.5, 0.6) is 5.75 Å². The Kier molecular flexibility index (Phi) is 5.63. The van der Waals surface area contributed by atoms with Crippen molar-refractivity contribution in [3.05, 3.63) is 52.2 Å². The van der Waals surface area contributed by atoms with Gasteiger partial charge >= 0.3 is 6.03 Å². The summed E-state index contributed by atoms with van der Waals surface area (Å²) >= 11 is 1.66. The van der Waals surface area contributed by atoms with Gasteiger partial charge in [-0.25, -0.2) is 4.79 Å². The number of ether oxygens (including phenoxy) is 1. The van der Waals surface area contributed by atoms with E-state index < -0.39 is 0 Å². The van der Waals surface area contributed by atoms with Gasteiger partial charge < -0.3 is 15.0 Å². The highest BCUT2D eigenvalue weighted by molar-refractivity contribution is 7.09. The Morgan fingerprint density at radius 2 is 2.10 bits per heavy atom. The Morgan fingerprint density at radius 3 is 2.76 bits per heavy atom. The zero-order chi connectivity index (χ0) is 15.1. The maximum atomic E-state index is 12.3. The van der Waals surface area contributed by atoms with Gasteiger partial charge in [0.1, 0.15) is 5.75 Å². The molecule has 0 unspecified atom stereocenters. The first-order valence-corrected chi connectivity index (χ1v) is 7.79. The van der Waals surface area contributed by atoms with Crippen LogP contribution in [0.25, 0.3) is 0 Å². The number of methoxy groups -OCH3 is 1. The first-order valence-electron chi connectivity index (χ1n) is 6.91. The lowest BCUT2D eigenvalue weighted by Gasteiger charge is -2.21. The fourth-order valence-electron chi connectivity index (χ4n) is 2.05. The maximum absolute atomic E-state index is 12.3. The number of carbonyl (C=O) groups is 1.